The number of hydrogen-bond acceptors (Lipinski definition) is 4. The number of aromatic nitrogens is 2. The summed E-state index contributed by atoms with van der Waals surface area (Å²) in [6.45, 7) is 4.41. The summed E-state index contributed by atoms with van der Waals surface area (Å²) >= 11 is 5.78. The Balaban J connectivity index is 1.73. The van der Waals surface area contributed by atoms with Gasteiger partial charge in [0.15, 0.2) is 0 Å². The summed E-state index contributed by atoms with van der Waals surface area (Å²) in [4.78, 5) is 23.1. The van der Waals surface area contributed by atoms with E-state index in [0.717, 1.165) is 5.56 Å². The van der Waals surface area contributed by atoms with Crippen molar-refractivity contribution in [1.29, 1.82) is 0 Å². The fourth-order valence-electron chi connectivity index (χ4n) is 2.64. The molecular weight excluding hydrogens is 379 g/mol. The van der Waals surface area contributed by atoms with Crippen molar-refractivity contribution in [2.45, 2.75) is 26.4 Å². The predicted octanol–water partition coefficient (Wildman–Crippen LogP) is 5.06. The summed E-state index contributed by atoms with van der Waals surface area (Å²) in [6.07, 6.45) is 2.89. The van der Waals surface area contributed by atoms with Crippen LogP contribution in [-0.4, -0.2) is 26.8 Å². The van der Waals surface area contributed by atoms with Gasteiger partial charge < -0.3 is 10.2 Å². The molecule has 2 aromatic carbocycles. The first kappa shape index (κ1) is 19.8. The van der Waals surface area contributed by atoms with Crippen LogP contribution >= 0.6 is 11.6 Å². The highest BCUT2D eigenvalue weighted by molar-refractivity contribution is 6.31. The maximum Gasteiger partial charge on any atom is 0.274 e. The first-order valence-corrected chi connectivity index (χ1v) is 9.21. The zero-order valence-corrected chi connectivity index (χ0v) is 16.3. The molecule has 0 unspecified atom stereocenters. The van der Waals surface area contributed by atoms with E-state index < -0.39 is 5.82 Å². The van der Waals surface area contributed by atoms with Crippen molar-refractivity contribution in [1.82, 2.24) is 14.9 Å². The van der Waals surface area contributed by atoms with Crippen LogP contribution in [0.15, 0.2) is 60.9 Å². The van der Waals surface area contributed by atoms with Gasteiger partial charge in [-0.15, -0.1) is 0 Å². The minimum atomic E-state index is -0.494. The van der Waals surface area contributed by atoms with Crippen molar-refractivity contribution in [3.8, 4) is 0 Å². The van der Waals surface area contributed by atoms with Crippen molar-refractivity contribution < 1.29 is 9.18 Å². The van der Waals surface area contributed by atoms with Gasteiger partial charge in [-0.25, -0.2) is 14.4 Å². The molecule has 0 fully saturated rings. The minimum absolute atomic E-state index is 0.00802. The number of nitrogens with one attached hydrogen (secondary N) is 1. The zero-order valence-electron chi connectivity index (χ0n) is 15.6. The Kier molecular flexibility index (Phi) is 6.21. The predicted molar refractivity (Wildman–Crippen MR) is 108 cm³/mol. The van der Waals surface area contributed by atoms with E-state index in [-0.39, 0.29) is 22.7 Å². The van der Waals surface area contributed by atoms with E-state index in [1.807, 2.05) is 44.2 Å². The first-order chi connectivity index (χ1) is 13.4. The lowest BCUT2D eigenvalue weighted by atomic mass is 10.2. The van der Waals surface area contributed by atoms with Gasteiger partial charge in [-0.2, -0.15) is 0 Å². The van der Waals surface area contributed by atoms with Crippen LogP contribution in [0.3, 0.4) is 0 Å². The zero-order chi connectivity index (χ0) is 20.1. The molecule has 1 amide bonds. The quantitative estimate of drug-likeness (QED) is 0.630. The highest BCUT2D eigenvalue weighted by Crippen LogP contribution is 2.22. The fourth-order valence-corrected chi connectivity index (χ4v) is 2.82. The smallest absolute Gasteiger partial charge is 0.274 e. The molecule has 0 bridgehead atoms. The number of benzene rings is 2. The number of rotatable bonds is 6. The molecule has 0 saturated carbocycles. The van der Waals surface area contributed by atoms with Crippen LogP contribution in [0.2, 0.25) is 5.02 Å². The van der Waals surface area contributed by atoms with E-state index in [9.17, 15) is 9.18 Å². The average molecular weight is 399 g/mol. The summed E-state index contributed by atoms with van der Waals surface area (Å²) in [6, 6.07) is 14.1. The van der Waals surface area contributed by atoms with Crippen molar-refractivity contribution in [3.63, 3.8) is 0 Å². The first-order valence-electron chi connectivity index (χ1n) is 8.83. The van der Waals surface area contributed by atoms with Crippen LogP contribution < -0.4 is 5.32 Å². The van der Waals surface area contributed by atoms with Gasteiger partial charge in [0.2, 0.25) is 0 Å². The number of amides is 1. The molecule has 7 heteroatoms. The molecule has 3 rings (SSSR count). The standard InChI is InChI=1S/C21H20ClFN4O/c1-14(2)27(13-15-6-4-3-5-7-15)21(28)19-11-25-20(12-24-19)26-16-8-9-18(23)17(22)10-16/h3-12,14H,13H2,1-2H3,(H,25,26). The molecule has 0 aliphatic heterocycles. The Morgan fingerprint density at radius 3 is 2.50 bits per heavy atom. The second-order valence-corrected chi connectivity index (χ2v) is 6.96. The maximum atomic E-state index is 13.2. The lowest BCUT2D eigenvalue weighted by Crippen LogP contribution is -2.36. The van der Waals surface area contributed by atoms with Gasteiger partial charge in [0, 0.05) is 18.3 Å². The molecule has 3 aromatic rings. The van der Waals surface area contributed by atoms with Crippen molar-refractivity contribution in [3.05, 3.63) is 83.0 Å². The molecule has 1 aromatic heterocycles. The molecule has 5 nitrogen and oxygen atoms in total. The van der Waals surface area contributed by atoms with Gasteiger partial charge in [0.25, 0.3) is 5.91 Å². The molecule has 0 saturated heterocycles. The second kappa shape index (κ2) is 8.80. The van der Waals surface area contributed by atoms with Gasteiger partial charge in [0.05, 0.1) is 17.4 Å². The second-order valence-electron chi connectivity index (χ2n) is 6.55. The maximum absolute atomic E-state index is 13.2. The Bertz CT molecular complexity index is 948. The molecule has 1 N–H and O–H groups in total. The van der Waals surface area contributed by atoms with Gasteiger partial charge in [-0.05, 0) is 37.6 Å². The van der Waals surface area contributed by atoms with E-state index >= 15 is 0 Å². The Labute approximate surface area is 168 Å². The molecular formula is C21H20ClFN4O. The summed E-state index contributed by atoms with van der Waals surface area (Å²) in [5.41, 5.74) is 1.88. The van der Waals surface area contributed by atoms with Crippen molar-refractivity contribution in [2.24, 2.45) is 0 Å². The highest BCUT2D eigenvalue weighted by Gasteiger charge is 2.20. The molecule has 1 heterocycles. The normalized spacial score (nSPS) is 10.8. The SMILES string of the molecule is CC(C)N(Cc1ccccc1)C(=O)c1cnc(Nc2ccc(F)c(Cl)c2)cn1. The van der Waals surface area contributed by atoms with Gasteiger partial charge in [-0.1, -0.05) is 41.9 Å². The topological polar surface area (TPSA) is 58.1 Å². The van der Waals surface area contributed by atoms with E-state index in [2.05, 4.69) is 15.3 Å². The molecule has 28 heavy (non-hydrogen) atoms. The molecule has 0 aliphatic carbocycles. The third-order valence-electron chi connectivity index (χ3n) is 4.14. The molecule has 144 valence electrons. The monoisotopic (exact) mass is 398 g/mol. The highest BCUT2D eigenvalue weighted by atomic mass is 35.5. The molecule has 0 spiro atoms. The van der Waals surface area contributed by atoms with E-state index in [1.54, 1.807) is 11.0 Å². The molecule has 0 atom stereocenters. The third kappa shape index (κ3) is 4.84. The number of anilines is 2. The number of carbonyl (C=O) groups excluding carboxylic acids is 1. The largest absolute Gasteiger partial charge is 0.339 e. The fraction of sp³-hybridized carbons (Fsp3) is 0.190. The van der Waals surface area contributed by atoms with Gasteiger partial charge in [-0.3, -0.25) is 4.79 Å². The molecule has 0 aliphatic rings. The lowest BCUT2D eigenvalue weighted by Gasteiger charge is -2.26. The number of halogens is 2. The van der Waals surface area contributed by atoms with E-state index in [1.165, 1.54) is 24.5 Å². The van der Waals surface area contributed by atoms with Crippen LogP contribution in [0.4, 0.5) is 15.9 Å². The summed E-state index contributed by atoms with van der Waals surface area (Å²) in [5.74, 6) is -0.257. The van der Waals surface area contributed by atoms with Crippen LogP contribution in [0.5, 0.6) is 0 Å². The lowest BCUT2D eigenvalue weighted by molar-refractivity contribution is 0.0684. The number of hydrogen-bond donors (Lipinski definition) is 1. The van der Waals surface area contributed by atoms with Crippen molar-refractivity contribution >= 4 is 29.0 Å². The number of carbonyl (C=O) groups is 1. The van der Waals surface area contributed by atoms with E-state index in [4.69, 9.17) is 11.6 Å². The summed E-state index contributed by atoms with van der Waals surface area (Å²) < 4.78 is 13.2. The van der Waals surface area contributed by atoms with Gasteiger partial charge >= 0.3 is 0 Å². The van der Waals surface area contributed by atoms with Crippen LogP contribution in [0.25, 0.3) is 0 Å². The van der Waals surface area contributed by atoms with E-state index in [0.29, 0.717) is 18.1 Å². The van der Waals surface area contributed by atoms with Crippen LogP contribution in [0, 0.1) is 5.82 Å². The van der Waals surface area contributed by atoms with Gasteiger partial charge in [0.1, 0.15) is 17.3 Å². The average Bonchev–Trinajstić information content (AvgIpc) is 2.69. The third-order valence-corrected chi connectivity index (χ3v) is 4.43. The Hall–Kier alpha value is -2.99. The Morgan fingerprint density at radius 2 is 1.89 bits per heavy atom. The molecule has 0 radical (unpaired) electrons. The summed E-state index contributed by atoms with van der Waals surface area (Å²) in [7, 11) is 0. The number of nitrogens with zero attached hydrogens (tertiary/aromatic N) is 3. The Morgan fingerprint density at radius 1 is 1.14 bits per heavy atom. The van der Waals surface area contributed by atoms with Crippen LogP contribution in [0.1, 0.15) is 29.9 Å². The summed E-state index contributed by atoms with van der Waals surface area (Å²) in [5, 5.41) is 2.99. The van der Waals surface area contributed by atoms with Crippen molar-refractivity contribution in [2.75, 3.05) is 5.32 Å². The minimum Gasteiger partial charge on any atom is -0.339 e. The van der Waals surface area contributed by atoms with Crippen LogP contribution in [-0.2, 0) is 6.54 Å².